The number of nitrogens with zero attached hydrogens (tertiary/aromatic N) is 1. The summed E-state index contributed by atoms with van der Waals surface area (Å²) < 4.78 is 0. The molecule has 0 unspecified atom stereocenters. The molecule has 0 bridgehead atoms. The van der Waals surface area contributed by atoms with Gasteiger partial charge in [0.05, 0.1) is 12.0 Å². The molecule has 0 aromatic heterocycles. The summed E-state index contributed by atoms with van der Waals surface area (Å²) in [5.74, 6) is -0.571. The third-order valence-corrected chi connectivity index (χ3v) is 7.85. The van der Waals surface area contributed by atoms with Crippen LogP contribution in [-0.2, 0) is 28.9 Å². The normalized spacial score (nSPS) is 13.9. The number of likely N-dealkylation sites (tertiary alicyclic amines) is 1. The highest BCUT2D eigenvalue weighted by Gasteiger charge is 2.25. The van der Waals surface area contributed by atoms with Crippen molar-refractivity contribution in [3.05, 3.63) is 105 Å². The van der Waals surface area contributed by atoms with Gasteiger partial charge in [0.2, 0.25) is 5.91 Å². The van der Waals surface area contributed by atoms with Crippen molar-refractivity contribution in [1.82, 2.24) is 4.90 Å². The van der Waals surface area contributed by atoms with Gasteiger partial charge in [-0.15, -0.1) is 0 Å². The van der Waals surface area contributed by atoms with Crippen LogP contribution in [0.4, 0.5) is 0 Å². The average molecular weight is 552 g/mol. The van der Waals surface area contributed by atoms with Crippen molar-refractivity contribution in [1.29, 1.82) is 0 Å². The maximum Gasteiger partial charge on any atom is 0.335 e. The molecule has 3 aromatic rings. The van der Waals surface area contributed by atoms with E-state index in [1.807, 2.05) is 35.2 Å². The van der Waals surface area contributed by atoms with Crippen LogP contribution in [0.25, 0.3) is 0 Å². The van der Waals surface area contributed by atoms with Gasteiger partial charge in [-0.2, -0.15) is 0 Å². The lowest BCUT2D eigenvalue weighted by Crippen LogP contribution is -2.38. The number of ketones is 1. The van der Waals surface area contributed by atoms with Crippen LogP contribution in [-0.4, -0.2) is 40.8 Å². The van der Waals surface area contributed by atoms with E-state index in [0.717, 1.165) is 31.2 Å². The molecule has 1 aliphatic heterocycles. The molecule has 1 N–H and O–H groups in total. The van der Waals surface area contributed by atoms with Crippen molar-refractivity contribution in [2.24, 2.45) is 0 Å². The van der Waals surface area contributed by atoms with Gasteiger partial charge in [0.15, 0.2) is 0 Å². The molecule has 0 aliphatic carbocycles. The number of carbonyl (C=O) groups excluding carboxylic acids is 2. The van der Waals surface area contributed by atoms with Gasteiger partial charge >= 0.3 is 5.97 Å². The zero-order chi connectivity index (χ0) is 27.1. The lowest BCUT2D eigenvalue weighted by molar-refractivity contribution is -0.131. The molecule has 7 heteroatoms. The van der Waals surface area contributed by atoms with Gasteiger partial charge in [-0.25, -0.2) is 4.79 Å². The van der Waals surface area contributed by atoms with E-state index >= 15 is 0 Å². The van der Waals surface area contributed by atoms with Crippen LogP contribution >= 0.6 is 23.2 Å². The molecule has 1 aliphatic rings. The molecule has 4 rings (SSSR count). The molecule has 0 saturated carbocycles. The number of carboxylic acid groups (broad SMARTS) is 1. The maximum absolute atomic E-state index is 12.9. The van der Waals surface area contributed by atoms with Crippen molar-refractivity contribution in [2.75, 3.05) is 13.1 Å². The molecular weight excluding hydrogens is 521 g/mol. The van der Waals surface area contributed by atoms with Crippen LogP contribution in [0.1, 0.15) is 64.2 Å². The lowest BCUT2D eigenvalue weighted by Gasteiger charge is -2.32. The van der Waals surface area contributed by atoms with Crippen LogP contribution in [0.5, 0.6) is 0 Å². The summed E-state index contributed by atoms with van der Waals surface area (Å²) in [6.45, 7) is 1.27. The minimum absolute atomic E-state index is 0.00421. The van der Waals surface area contributed by atoms with Gasteiger partial charge in [-0.1, -0.05) is 77.8 Å². The Hall–Kier alpha value is -3.15. The van der Waals surface area contributed by atoms with Gasteiger partial charge in [-0.05, 0) is 66.0 Å². The fourth-order valence-corrected chi connectivity index (χ4v) is 5.60. The summed E-state index contributed by atoms with van der Waals surface area (Å²) in [5.41, 5.74) is 3.98. The molecular formula is C31H31Cl2NO4. The first-order valence-corrected chi connectivity index (χ1v) is 13.7. The molecule has 38 heavy (non-hydrogen) atoms. The summed E-state index contributed by atoms with van der Waals surface area (Å²) in [5, 5.41) is 9.52. The molecule has 5 nitrogen and oxygen atoms in total. The molecule has 1 saturated heterocycles. The van der Waals surface area contributed by atoms with Crippen LogP contribution in [0.2, 0.25) is 10.0 Å². The van der Waals surface area contributed by atoms with Crippen molar-refractivity contribution in [2.45, 2.75) is 50.9 Å². The number of carboxylic acids is 1. The molecule has 0 spiro atoms. The number of benzene rings is 3. The van der Waals surface area contributed by atoms with Gasteiger partial charge < -0.3 is 10.0 Å². The number of Topliss-reactive ketones (excluding diaryl/α,β-unsaturated/α-hetero) is 1. The summed E-state index contributed by atoms with van der Waals surface area (Å²) in [6, 6.07) is 21.2. The maximum atomic E-state index is 12.9. The van der Waals surface area contributed by atoms with Gasteiger partial charge in [0.1, 0.15) is 5.78 Å². The Labute approximate surface area is 233 Å². The first kappa shape index (κ1) is 27.9. The van der Waals surface area contributed by atoms with E-state index in [2.05, 4.69) is 24.3 Å². The van der Waals surface area contributed by atoms with E-state index < -0.39 is 5.97 Å². The molecule has 198 valence electrons. The van der Waals surface area contributed by atoms with Gasteiger partial charge in [-0.3, -0.25) is 9.59 Å². The summed E-state index contributed by atoms with van der Waals surface area (Å²) in [4.78, 5) is 38.3. The number of piperidine rings is 1. The second kappa shape index (κ2) is 13.1. The fourth-order valence-electron chi connectivity index (χ4n) is 4.98. The molecule has 3 aromatic carbocycles. The third kappa shape index (κ3) is 7.46. The van der Waals surface area contributed by atoms with E-state index in [1.54, 1.807) is 0 Å². The number of halogens is 2. The average Bonchev–Trinajstić information content (AvgIpc) is 2.91. The Bertz CT molecular complexity index is 1260. The number of aryl methyl sites for hydroxylation is 1. The van der Waals surface area contributed by atoms with Crippen LogP contribution in [0.3, 0.4) is 0 Å². The van der Waals surface area contributed by atoms with E-state index in [-0.39, 0.29) is 33.7 Å². The second-order valence-corrected chi connectivity index (χ2v) is 10.7. The van der Waals surface area contributed by atoms with E-state index in [4.69, 9.17) is 28.3 Å². The fraction of sp³-hybridized carbons (Fsp3) is 0.323. The predicted molar refractivity (Wildman–Crippen MR) is 150 cm³/mol. The van der Waals surface area contributed by atoms with Crippen molar-refractivity contribution in [3.63, 3.8) is 0 Å². The minimum Gasteiger partial charge on any atom is -0.478 e. The van der Waals surface area contributed by atoms with E-state index in [0.29, 0.717) is 37.4 Å². The highest BCUT2D eigenvalue weighted by molar-refractivity contribution is 6.36. The predicted octanol–water partition coefficient (Wildman–Crippen LogP) is 6.77. The highest BCUT2D eigenvalue weighted by Crippen LogP contribution is 2.31. The topological polar surface area (TPSA) is 74.7 Å². The SMILES string of the molecule is O=C(CCCc1ccccc1)Cc1ccc(C2CCN(C(=O)Cc3c(Cl)cc(C(=O)O)cc3Cl)CC2)cc1. The molecule has 1 fully saturated rings. The van der Waals surface area contributed by atoms with E-state index in [9.17, 15) is 14.4 Å². The Balaban J connectivity index is 1.24. The smallest absolute Gasteiger partial charge is 0.335 e. The molecule has 1 heterocycles. The van der Waals surface area contributed by atoms with Crippen molar-refractivity contribution in [3.8, 4) is 0 Å². The molecule has 1 amide bonds. The standard InChI is InChI=1S/C31H31Cl2NO4/c32-28-18-25(31(37)38)19-29(33)27(28)20-30(36)34-15-13-24(14-16-34)23-11-9-22(10-12-23)17-26(35)8-4-7-21-5-2-1-3-6-21/h1-3,5-6,9-12,18-19,24H,4,7-8,13-17,20H2,(H,37,38). The number of rotatable bonds is 10. The Morgan fingerprint density at radius 2 is 1.47 bits per heavy atom. The highest BCUT2D eigenvalue weighted by atomic mass is 35.5. The largest absolute Gasteiger partial charge is 0.478 e. The number of amides is 1. The zero-order valence-electron chi connectivity index (χ0n) is 21.2. The van der Waals surface area contributed by atoms with Crippen LogP contribution < -0.4 is 0 Å². The summed E-state index contributed by atoms with van der Waals surface area (Å²) in [6.07, 6.45) is 4.57. The number of carbonyl (C=O) groups is 3. The second-order valence-electron chi connectivity index (χ2n) is 9.85. The van der Waals surface area contributed by atoms with Crippen molar-refractivity contribution < 1.29 is 19.5 Å². The quantitative estimate of drug-likeness (QED) is 0.301. The van der Waals surface area contributed by atoms with Gasteiger partial charge in [0, 0.05) is 36.0 Å². The zero-order valence-corrected chi connectivity index (χ0v) is 22.7. The summed E-state index contributed by atoms with van der Waals surface area (Å²) in [7, 11) is 0. The van der Waals surface area contributed by atoms with Crippen LogP contribution in [0.15, 0.2) is 66.7 Å². The first-order chi connectivity index (χ1) is 18.3. The number of hydrogen-bond acceptors (Lipinski definition) is 3. The minimum atomic E-state index is -1.12. The van der Waals surface area contributed by atoms with Gasteiger partial charge in [0.25, 0.3) is 0 Å². The van der Waals surface area contributed by atoms with E-state index in [1.165, 1.54) is 23.3 Å². The Kier molecular flexibility index (Phi) is 9.59. The van der Waals surface area contributed by atoms with Crippen LogP contribution in [0, 0.1) is 0 Å². The summed E-state index contributed by atoms with van der Waals surface area (Å²) >= 11 is 12.4. The van der Waals surface area contributed by atoms with Crippen molar-refractivity contribution >= 4 is 40.9 Å². The number of aromatic carboxylic acids is 1. The third-order valence-electron chi connectivity index (χ3n) is 7.18. The lowest BCUT2D eigenvalue weighted by atomic mass is 9.88. The molecule has 0 atom stereocenters. The molecule has 0 radical (unpaired) electrons. The Morgan fingerprint density at radius 3 is 2.08 bits per heavy atom. The number of hydrogen-bond donors (Lipinski definition) is 1. The monoisotopic (exact) mass is 551 g/mol. The first-order valence-electron chi connectivity index (χ1n) is 12.9. The Morgan fingerprint density at radius 1 is 0.842 bits per heavy atom.